The van der Waals surface area contributed by atoms with Crippen LogP contribution in [0.1, 0.15) is 116 Å². The Morgan fingerprint density at radius 3 is 2.33 bits per heavy atom. The quantitative estimate of drug-likeness (QED) is 0.571. The lowest BCUT2D eigenvalue weighted by Crippen LogP contribution is -2.43. The van der Waals surface area contributed by atoms with Crippen LogP contribution >= 0.6 is 0 Å². The third kappa shape index (κ3) is 3.46. The maximum Gasteiger partial charge on any atom is 0.417 e. The number of hydrogen-bond acceptors (Lipinski definition) is 6. The summed E-state index contributed by atoms with van der Waals surface area (Å²) in [6.07, 6.45) is -1.66. The van der Waals surface area contributed by atoms with Gasteiger partial charge in [-0.15, -0.1) is 0 Å². The van der Waals surface area contributed by atoms with Crippen molar-refractivity contribution in [1.29, 1.82) is 0 Å². The van der Waals surface area contributed by atoms with E-state index in [1.807, 2.05) is 13.8 Å². The van der Waals surface area contributed by atoms with Crippen LogP contribution in [0.5, 0.6) is 0 Å². The van der Waals surface area contributed by atoms with Crippen molar-refractivity contribution in [2.75, 3.05) is 13.2 Å². The Labute approximate surface area is 207 Å². The Bertz CT molecular complexity index is 1170. The van der Waals surface area contributed by atoms with Crippen LogP contribution in [-0.4, -0.2) is 33.4 Å². The first-order valence-electron chi connectivity index (χ1n) is 12.8. The Morgan fingerprint density at radius 1 is 1.06 bits per heavy atom. The van der Waals surface area contributed by atoms with Crippen molar-refractivity contribution in [2.45, 2.75) is 88.4 Å². The van der Waals surface area contributed by atoms with E-state index >= 15 is 0 Å². The normalized spacial score (nSPS) is 28.3. The van der Waals surface area contributed by atoms with Crippen LogP contribution in [-0.2, 0) is 21.3 Å². The second-order valence-electron chi connectivity index (χ2n) is 11.2. The summed E-state index contributed by atoms with van der Waals surface area (Å²) in [5, 5.41) is 23.0. The van der Waals surface area contributed by atoms with Crippen LogP contribution in [0.15, 0.2) is 18.3 Å². The molecule has 2 fully saturated rings. The molecule has 2 unspecified atom stereocenters. The van der Waals surface area contributed by atoms with Gasteiger partial charge in [-0.05, 0) is 42.9 Å². The van der Waals surface area contributed by atoms with Crippen LogP contribution in [0.25, 0.3) is 0 Å². The minimum atomic E-state index is -4.48. The number of rotatable bonds is 2. The molecule has 4 heterocycles. The molecule has 2 aliphatic carbocycles. The Morgan fingerprint density at radius 2 is 1.78 bits per heavy atom. The third-order valence-electron chi connectivity index (χ3n) is 8.74. The molecule has 4 aliphatic rings. The van der Waals surface area contributed by atoms with Crippen molar-refractivity contribution < 1.29 is 32.9 Å². The maximum absolute atomic E-state index is 13.2. The van der Waals surface area contributed by atoms with Gasteiger partial charge in [0.2, 0.25) is 0 Å². The largest absolute Gasteiger partial charge is 0.417 e. The van der Waals surface area contributed by atoms with Gasteiger partial charge in [0.1, 0.15) is 12.2 Å². The van der Waals surface area contributed by atoms with Crippen molar-refractivity contribution in [3.63, 3.8) is 0 Å². The van der Waals surface area contributed by atoms with E-state index in [1.54, 1.807) is 0 Å². The fourth-order valence-electron chi connectivity index (χ4n) is 6.74. The molecule has 3 atom stereocenters. The van der Waals surface area contributed by atoms with Crippen LogP contribution in [0.3, 0.4) is 0 Å². The van der Waals surface area contributed by atoms with Gasteiger partial charge < -0.3 is 19.7 Å². The van der Waals surface area contributed by atoms with E-state index in [2.05, 4.69) is 4.98 Å². The molecule has 0 amide bonds. The predicted molar refractivity (Wildman–Crippen MR) is 123 cm³/mol. The van der Waals surface area contributed by atoms with Crippen LogP contribution in [0.2, 0.25) is 0 Å². The highest BCUT2D eigenvalue weighted by atomic mass is 19.4. The molecule has 1 saturated heterocycles. The van der Waals surface area contributed by atoms with E-state index in [-0.39, 0.29) is 11.3 Å². The number of halogens is 3. The number of ether oxygens (including phenoxy) is 2. The average molecular weight is 505 g/mol. The van der Waals surface area contributed by atoms with E-state index in [4.69, 9.17) is 14.5 Å². The second kappa shape index (κ2) is 8.21. The number of aliphatic hydroxyl groups is 2. The fourth-order valence-corrected chi connectivity index (χ4v) is 6.74. The van der Waals surface area contributed by atoms with Gasteiger partial charge in [0.25, 0.3) is 0 Å². The molecule has 2 N–H and O–H groups in total. The summed E-state index contributed by atoms with van der Waals surface area (Å²) in [5.41, 5.74) is 1.94. The molecule has 2 aliphatic heterocycles. The average Bonchev–Trinajstić information content (AvgIpc) is 3.13. The van der Waals surface area contributed by atoms with E-state index in [0.717, 1.165) is 48.3 Å². The number of aliphatic hydroxyl groups excluding tert-OH is 2. The van der Waals surface area contributed by atoms with Crippen molar-refractivity contribution >= 4 is 0 Å². The second-order valence-corrected chi connectivity index (χ2v) is 11.2. The van der Waals surface area contributed by atoms with Gasteiger partial charge in [0.05, 0.1) is 28.7 Å². The molecule has 0 bridgehead atoms. The molecule has 0 aromatic carbocycles. The first-order chi connectivity index (χ1) is 17.1. The van der Waals surface area contributed by atoms with E-state index in [9.17, 15) is 23.4 Å². The summed E-state index contributed by atoms with van der Waals surface area (Å²) in [6, 6.07) is 2.40. The summed E-state index contributed by atoms with van der Waals surface area (Å²) in [5.74, 6) is -0.0387. The molecule has 2 spiro atoms. The summed E-state index contributed by atoms with van der Waals surface area (Å²) in [6.45, 7) is 4.94. The molecule has 9 heteroatoms. The molecule has 6 nitrogen and oxygen atoms in total. The van der Waals surface area contributed by atoms with Crippen LogP contribution in [0, 0.1) is 5.41 Å². The first-order valence-corrected chi connectivity index (χ1v) is 12.8. The zero-order valence-electron chi connectivity index (χ0n) is 20.4. The highest BCUT2D eigenvalue weighted by molar-refractivity contribution is 5.54. The summed E-state index contributed by atoms with van der Waals surface area (Å²) in [4.78, 5) is 9.15. The zero-order valence-corrected chi connectivity index (χ0v) is 20.4. The topological polar surface area (TPSA) is 84.7 Å². The van der Waals surface area contributed by atoms with Gasteiger partial charge in [-0.2, -0.15) is 13.2 Å². The van der Waals surface area contributed by atoms with E-state index in [0.29, 0.717) is 49.4 Å². The lowest BCUT2D eigenvalue weighted by Gasteiger charge is -2.51. The van der Waals surface area contributed by atoms with Crippen molar-refractivity contribution in [3.8, 4) is 0 Å². The number of hydrogen-bond donors (Lipinski definition) is 2. The number of nitrogens with zero attached hydrogens (tertiary/aromatic N) is 2. The van der Waals surface area contributed by atoms with Crippen molar-refractivity contribution in [2.24, 2.45) is 5.41 Å². The zero-order chi connectivity index (χ0) is 25.5. The summed E-state index contributed by atoms with van der Waals surface area (Å²) < 4.78 is 52.0. The highest BCUT2D eigenvalue weighted by Gasteiger charge is 2.56. The molecule has 2 aromatic heterocycles. The van der Waals surface area contributed by atoms with E-state index in [1.165, 1.54) is 6.07 Å². The first kappa shape index (κ1) is 24.3. The van der Waals surface area contributed by atoms with Crippen molar-refractivity contribution in [3.05, 3.63) is 57.7 Å². The molecule has 0 radical (unpaired) electrons. The fraction of sp³-hybridized carbons (Fsp3) is 0.630. The molecule has 2 aromatic rings. The lowest BCUT2D eigenvalue weighted by molar-refractivity contribution is -0.138. The molecule has 194 valence electrons. The van der Waals surface area contributed by atoms with Gasteiger partial charge in [0.15, 0.2) is 0 Å². The SMILES string of the molecule is CC(C)c1nc2c(c3c1C(c1ccc(C(F)(F)F)cn1)OC31CCOCC1)[C@@H](O)CC1(CCC1)C2O. The van der Waals surface area contributed by atoms with Crippen LogP contribution < -0.4 is 0 Å². The monoisotopic (exact) mass is 504 g/mol. The minimum absolute atomic E-state index is 0.0387. The van der Waals surface area contributed by atoms with Crippen LogP contribution in [0.4, 0.5) is 13.2 Å². The summed E-state index contributed by atoms with van der Waals surface area (Å²) >= 11 is 0. The Hall–Kier alpha value is -2.07. The highest BCUT2D eigenvalue weighted by Crippen LogP contribution is 2.63. The predicted octanol–water partition coefficient (Wildman–Crippen LogP) is 5.38. The molecular formula is C27H31F3N2O4. The van der Waals surface area contributed by atoms with Gasteiger partial charge in [0, 0.05) is 54.5 Å². The van der Waals surface area contributed by atoms with E-state index < -0.39 is 35.7 Å². The summed E-state index contributed by atoms with van der Waals surface area (Å²) in [7, 11) is 0. The number of pyridine rings is 2. The lowest BCUT2D eigenvalue weighted by atomic mass is 9.57. The third-order valence-corrected chi connectivity index (χ3v) is 8.74. The molecule has 36 heavy (non-hydrogen) atoms. The molecular weight excluding hydrogens is 473 g/mol. The Kier molecular flexibility index (Phi) is 5.54. The van der Waals surface area contributed by atoms with Crippen molar-refractivity contribution in [1.82, 2.24) is 9.97 Å². The standard InChI is InChI=1S/C27H31F3N2O4/c1-14(2)21-19-20(18-17(33)12-25(6-3-7-25)24(34)22(18)32-21)26(8-10-35-11-9-26)36-23(19)16-5-4-15(13-31-16)27(28,29)30/h4-5,13-14,17,23-24,33-34H,3,6-12H2,1-2H3/t17-,23?,24?/m0/s1. The Balaban J connectivity index is 1.57. The van der Waals surface area contributed by atoms with Gasteiger partial charge in [-0.25, -0.2) is 0 Å². The number of alkyl halides is 3. The number of aromatic nitrogens is 2. The maximum atomic E-state index is 13.2. The number of fused-ring (bicyclic) bond motifs is 4. The van der Waals surface area contributed by atoms with Gasteiger partial charge >= 0.3 is 6.18 Å². The minimum Gasteiger partial charge on any atom is -0.388 e. The molecule has 1 saturated carbocycles. The molecule has 6 rings (SSSR count). The smallest absolute Gasteiger partial charge is 0.388 e. The van der Waals surface area contributed by atoms with Gasteiger partial charge in [-0.1, -0.05) is 20.3 Å². The van der Waals surface area contributed by atoms with Gasteiger partial charge in [-0.3, -0.25) is 9.97 Å².